The molecule has 1 fully saturated rings. The lowest BCUT2D eigenvalue weighted by Gasteiger charge is -2.58. The minimum Gasteiger partial charge on any atom is -0.508 e. The van der Waals surface area contributed by atoms with Crippen LogP contribution in [0.25, 0.3) is 0 Å². The Labute approximate surface area is 184 Å². The van der Waals surface area contributed by atoms with Crippen LogP contribution in [0.1, 0.15) is 64.5 Å². The minimum absolute atomic E-state index is 0.0259. The zero-order valence-corrected chi connectivity index (χ0v) is 19.4. The van der Waals surface area contributed by atoms with Gasteiger partial charge in [-0.2, -0.15) is 0 Å². The molecule has 0 spiro atoms. The summed E-state index contributed by atoms with van der Waals surface area (Å²) in [6.45, 7) is 9.75. The molecule has 3 unspecified atom stereocenters. The van der Waals surface area contributed by atoms with Crippen molar-refractivity contribution in [2.45, 2.75) is 77.4 Å². The van der Waals surface area contributed by atoms with E-state index in [9.17, 15) is 24.2 Å². The number of rotatable bonds is 7. The molecule has 7 nitrogen and oxygen atoms in total. The summed E-state index contributed by atoms with van der Waals surface area (Å²) in [5.74, 6) is -0.570. The number of amides is 3. The number of nitrogens with two attached hydrogens (primary N) is 1. The van der Waals surface area contributed by atoms with E-state index in [1.165, 1.54) is 0 Å². The summed E-state index contributed by atoms with van der Waals surface area (Å²) in [6.07, 6.45) is 1.20. The van der Waals surface area contributed by atoms with Gasteiger partial charge in [0.15, 0.2) is 0 Å². The summed E-state index contributed by atoms with van der Waals surface area (Å²) in [5.41, 5.74) is 4.14. The van der Waals surface area contributed by atoms with Crippen molar-refractivity contribution in [1.29, 1.82) is 0 Å². The summed E-state index contributed by atoms with van der Waals surface area (Å²) < 4.78 is 13.1. The van der Waals surface area contributed by atoms with Gasteiger partial charge in [-0.1, -0.05) is 33.3 Å². The Morgan fingerprint density at radius 1 is 1.35 bits per heavy atom. The van der Waals surface area contributed by atoms with Crippen LogP contribution in [-0.4, -0.2) is 58.5 Å². The molecule has 1 heterocycles. The summed E-state index contributed by atoms with van der Waals surface area (Å²) in [5, 5.41) is 24.3. The number of primary amides is 1. The minimum atomic E-state index is -1.39. The van der Waals surface area contributed by atoms with Crippen molar-refractivity contribution in [1.82, 2.24) is 10.2 Å². The third-order valence-electron chi connectivity index (χ3n) is 6.36. The first-order chi connectivity index (χ1) is 14.6. The number of alkyl halides is 1. The molecule has 3 amide bonds. The molecule has 1 aliphatic rings. The maximum absolute atomic E-state index is 13.1. The Kier molecular flexibility index (Phi) is 9.90. The maximum atomic E-state index is 13.1. The number of urea groups is 1. The van der Waals surface area contributed by atoms with Crippen molar-refractivity contribution in [3.63, 3.8) is 0 Å². The van der Waals surface area contributed by atoms with Crippen LogP contribution >= 0.6 is 0 Å². The number of benzene rings is 1. The number of aromatic hydroxyl groups is 1. The highest BCUT2D eigenvalue weighted by atomic mass is 19.1. The van der Waals surface area contributed by atoms with Gasteiger partial charge in [-0.25, -0.2) is 9.18 Å². The number of aryl methyl sites for hydroxylation is 1. The molecule has 1 aromatic carbocycles. The van der Waals surface area contributed by atoms with Gasteiger partial charge < -0.3 is 15.9 Å². The van der Waals surface area contributed by atoms with Gasteiger partial charge in [0.1, 0.15) is 12.4 Å². The number of aliphatic hydroxyl groups is 1. The number of nitrogens with zero attached hydrogens (tertiary/aromatic N) is 1. The number of imide groups is 1. The zero-order chi connectivity index (χ0) is 23.8. The molecular formula is C23H38FN3O4. The van der Waals surface area contributed by atoms with Crippen molar-refractivity contribution in [3.8, 4) is 5.75 Å². The van der Waals surface area contributed by atoms with E-state index in [1.54, 1.807) is 18.2 Å². The Morgan fingerprint density at radius 3 is 2.55 bits per heavy atom. The standard InChI is InChI=1S/C21H32FN3O4.C2H6/c1-4-7-21(29)15(3)25(11-9-22)10-8-20(21,13-18(27)24-19(23)28)17-12-16(26)6-5-14(17)2;1-2/h5-6,12,15,26,29H,4,7-11,13H2,1-3H3,(H3,23,24,27,28);1-2H3. The first kappa shape index (κ1) is 26.8. The lowest BCUT2D eigenvalue weighted by Crippen LogP contribution is -2.68. The second kappa shape index (κ2) is 11.4. The normalized spacial score (nSPS) is 26.0. The molecule has 5 N–H and O–H groups in total. The summed E-state index contributed by atoms with van der Waals surface area (Å²) >= 11 is 0. The number of halogens is 1. The SMILES string of the molecule is CC.CCCC1(O)C(C)N(CCF)CCC1(CC(=O)NC(N)=O)c1cc(O)ccc1C. The van der Waals surface area contributed by atoms with E-state index < -0.39 is 35.7 Å². The number of hydrogen-bond donors (Lipinski definition) is 4. The number of phenols is 1. The molecule has 0 aromatic heterocycles. The number of likely N-dealkylation sites (tertiary alicyclic amines) is 1. The predicted octanol–water partition coefficient (Wildman–Crippen LogP) is 3.14. The number of piperidine rings is 1. The molecule has 8 heteroatoms. The topological polar surface area (TPSA) is 116 Å². The highest BCUT2D eigenvalue weighted by molar-refractivity contribution is 5.94. The summed E-state index contributed by atoms with van der Waals surface area (Å²) in [7, 11) is 0. The van der Waals surface area contributed by atoms with Gasteiger partial charge in [-0.05, 0) is 56.5 Å². The number of nitrogens with one attached hydrogen (secondary N) is 1. The van der Waals surface area contributed by atoms with Crippen molar-refractivity contribution >= 4 is 11.9 Å². The largest absolute Gasteiger partial charge is 0.508 e. The molecule has 0 saturated carbocycles. The molecule has 31 heavy (non-hydrogen) atoms. The average molecular weight is 440 g/mol. The first-order valence-corrected chi connectivity index (χ1v) is 11.0. The lowest BCUT2D eigenvalue weighted by molar-refractivity contribution is -0.151. The van der Waals surface area contributed by atoms with Crippen molar-refractivity contribution in [2.24, 2.45) is 5.73 Å². The molecule has 1 aliphatic heterocycles. The number of carbonyl (C=O) groups excluding carboxylic acids is 2. The molecule has 0 bridgehead atoms. The van der Waals surface area contributed by atoms with Crippen molar-refractivity contribution in [2.75, 3.05) is 19.8 Å². The zero-order valence-electron chi connectivity index (χ0n) is 19.4. The van der Waals surface area contributed by atoms with Gasteiger partial charge in [0.2, 0.25) is 5.91 Å². The van der Waals surface area contributed by atoms with Crippen molar-refractivity contribution in [3.05, 3.63) is 29.3 Å². The van der Waals surface area contributed by atoms with Crippen LogP contribution in [0.15, 0.2) is 18.2 Å². The van der Waals surface area contributed by atoms with Crippen molar-refractivity contribution < 1.29 is 24.2 Å². The smallest absolute Gasteiger partial charge is 0.318 e. The molecule has 1 aromatic rings. The van der Waals surface area contributed by atoms with E-state index in [4.69, 9.17) is 5.73 Å². The Morgan fingerprint density at radius 2 is 2.00 bits per heavy atom. The van der Waals surface area contributed by atoms with E-state index in [-0.39, 0.29) is 18.7 Å². The van der Waals surface area contributed by atoms with Crippen LogP contribution < -0.4 is 11.1 Å². The number of hydrogen-bond acceptors (Lipinski definition) is 5. The van der Waals surface area contributed by atoms with Crippen LogP contribution in [0.2, 0.25) is 0 Å². The highest BCUT2D eigenvalue weighted by Crippen LogP contribution is 2.51. The van der Waals surface area contributed by atoms with Crippen LogP contribution in [-0.2, 0) is 10.2 Å². The van der Waals surface area contributed by atoms with E-state index in [1.807, 2.05) is 39.5 Å². The van der Waals surface area contributed by atoms with Crippen LogP contribution in [0, 0.1) is 6.92 Å². The van der Waals surface area contributed by atoms with Gasteiger partial charge in [0.05, 0.1) is 5.60 Å². The number of phenolic OH excluding ortho intramolecular Hbond substituents is 1. The quantitative estimate of drug-likeness (QED) is 0.521. The monoisotopic (exact) mass is 439 g/mol. The Hall–Kier alpha value is -2.19. The fourth-order valence-electron chi connectivity index (χ4n) is 4.98. The summed E-state index contributed by atoms with van der Waals surface area (Å²) in [4.78, 5) is 25.8. The first-order valence-electron chi connectivity index (χ1n) is 11.0. The lowest BCUT2D eigenvalue weighted by atomic mass is 9.56. The van der Waals surface area contributed by atoms with Crippen LogP contribution in [0.4, 0.5) is 9.18 Å². The third kappa shape index (κ3) is 5.54. The van der Waals surface area contributed by atoms with Gasteiger partial charge in [0.25, 0.3) is 0 Å². The van der Waals surface area contributed by atoms with E-state index in [2.05, 4.69) is 5.32 Å². The maximum Gasteiger partial charge on any atom is 0.318 e. The van der Waals surface area contributed by atoms with Gasteiger partial charge in [0, 0.05) is 24.4 Å². The van der Waals surface area contributed by atoms with E-state index in [0.717, 1.165) is 5.56 Å². The molecule has 1 saturated heterocycles. The van der Waals surface area contributed by atoms with Gasteiger partial charge in [-0.3, -0.25) is 15.0 Å². The predicted molar refractivity (Wildman–Crippen MR) is 120 cm³/mol. The molecule has 0 aliphatic carbocycles. The van der Waals surface area contributed by atoms with E-state index >= 15 is 0 Å². The Balaban J connectivity index is 0.00000233. The molecule has 2 rings (SSSR count). The molecule has 3 atom stereocenters. The summed E-state index contributed by atoms with van der Waals surface area (Å²) in [6, 6.07) is 3.47. The molecule has 0 radical (unpaired) electrons. The average Bonchev–Trinajstić information content (AvgIpc) is 2.71. The second-order valence-electron chi connectivity index (χ2n) is 8.00. The third-order valence-corrected chi connectivity index (χ3v) is 6.36. The number of carbonyl (C=O) groups is 2. The Bertz CT molecular complexity index is 760. The van der Waals surface area contributed by atoms with Gasteiger partial charge in [-0.15, -0.1) is 0 Å². The molecular weight excluding hydrogens is 401 g/mol. The van der Waals surface area contributed by atoms with Crippen LogP contribution in [0.3, 0.4) is 0 Å². The second-order valence-corrected chi connectivity index (χ2v) is 8.00. The van der Waals surface area contributed by atoms with E-state index in [0.29, 0.717) is 31.4 Å². The van der Waals surface area contributed by atoms with Gasteiger partial charge >= 0.3 is 6.03 Å². The van der Waals surface area contributed by atoms with Crippen LogP contribution in [0.5, 0.6) is 5.75 Å². The molecule has 176 valence electrons. The fourth-order valence-corrected chi connectivity index (χ4v) is 4.98. The highest BCUT2D eigenvalue weighted by Gasteiger charge is 2.59. The fraction of sp³-hybridized carbons (Fsp3) is 0.652.